The first-order valence-electron chi connectivity index (χ1n) is 3.87. The molecule has 0 amide bonds. The van der Waals surface area contributed by atoms with Crippen LogP contribution < -0.4 is 4.72 Å². The number of benzene rings is 1. The van der Waals surface area contributed by atoms with Crippen molar-refractivity contribution in [2.45, 2.75) is 4.90 Å². The molecule has 1 rings (SSSR count). The fraction of sp³-hybridized carbons (Fsp3) is 0.111. The normalized spacial score (nSPS) is 10.5. The third-order valence-electron chi connectivity index (χ3n) is 1.76. The SMILES string of the molecule is [CH2-]C(=O)c1ccc(S(=O)(=O)NC)cc1.[Y]. The van der Waals surface area contributed by atoms with E-state index in [4.69, 9.17) is 0 Å². The van der Waals surface area contributed by atoms with E-state index in [-0.39, 0.29) is 43.4 Å². The van der Waals surface area contributed by atoms with Gasteiger partial charge in [-0.3, -0.25) is 0 Å². The number of ketones is 1. The number of nitrogens with one attached hydrogen (secondary N) is 1. The topological polar surface area (TPSA) is 63.2 Å². The zero-order valence-corrected chi connectivity index (χ0v) is 11.9. The summed E-state index contributed by atoms with van der Waals surface area (Å²) in [5, 5.41) is 0. The maximum atomic E-state index is 11.3. The number of hydrogen-bond donors (Lipinski definition) is 1. The number of rotatable bonds is 3. The summed E-state index contributed by atoms with van der Waals surface area (Å²) in [6, 6.07) is 5.59. The number of hydrogen-bond acceptors (Lipinski definition) is 3. The fourth-order valence-corrected chi connectivity index (χ4v) is 1.67. The van der Waals surface area contributed by atoms with Gasteiger partial charge in [0.25, 0.3) is 0 Å². The number of Topliss-reactive ketones (excluding diaryl/α,β-unsaturated/α-hetero) is 1. The Morgan fingerprint density at radius 1 is 1.27 bits per heavy atom. The molecule has 15 heavy (non-hydrogen) atoms. The van der Waals surface area contributed by atoms with Gasteiger partial charge in [-0.25, -0.2) is 13.1 Å². The van der Waals surface area contributed by atoms with Crippen molar-refractivity contribution in [3.05, 3.63) is 36.8 Å². The molecule has 0 aliphatic heterocycles. The van der Waals surface area contributed by atoms with E-state index in [2.05, 4.69) is 11.6 Å². The minimum absolute atomic E-state index is 0. The zero-order valence-electron chi connectivity index (χ0n) is 8.23. The summed E-state index contributed by atoms with van der Waals surface area (Å²) in [7, 11) is -2.09. The van der Waals surface area contributed by atoms with E-state index in [0.29, 0.717) is 5.56 Å². The molecule has 0 aromatic heterocycles. The largest absolute Gasteiger partial charge is 0.332 e. The molecule has 6 heteroatoms. The molecule has 1 radical (unpaired) electrons. The molecular formula is C9H10NO3SY-. The molecule has 0 bridgehead atoms. The monoisotopic (exact) mass is 301 g/mol. The van der Waals surface area contributed by atoms with Gasteiger partial charge in [-0.15, -0.1) is 17.7 Å². The van der Waals surface area contributed by atoms with Gasteiger partial charge in [0.15, 0.2) is 0 Å². The van der Waals surface area contributed by atoms with E-state index in [9.17, 15) is 13.2 Å². The van der Waals surface area contributed by atoms with Crippen LogP contribution in [0.25, 0.3) is 0 Å². The van der Waals surface area contributed by atoms with E-state index in [1.807, 2.05) is 0 Å². The Hall–Kier alpha value is -0.226. The second-order valence-corrected chi connectivity index (χ2v) is 4.54. The van der Waals surface area contributed by atoms with E-state index >= 15 is 0 Å². The van der Waals surface area contributed by atoms with Crippen LogP contribution in [-0.2, 0) is 42.7 Å². The third-order valence-corrected chi connectivity index (χ3v) is 3.19. The first kappa shape index (κ1) is 14.8. The molecule has 1 aromatic carbocycles. The van der Waals surface area contributed by atoms with E-state index < -0.39 is 10.0 Å². The van der Waals surface area contributed by atoms with Gasteiger partial charge < -0.3 is 4.79 Å². The summed E-state index contributed by atoms with van der Waals surface area (Å²) >= 11 is 0. The number of carbonyl (C=O) groups is 1. The summed E-state index contributed by atoms with van der Waals surface area (Å²) in [6.07, 6.45) is 0. The average Bonchev–Trinajstić information content (AvgIpc) is 2.18. The zero-order chi connectivity index (χ0) is 10.8. The quantitative estimate of drug-likeness (QED) is 0.657. The van der Waals surface area contributed by atoms with Gasteiger partial charge in [-0.05, 0) is 7.05 Å². The Kier molecular flexibility index (Phi) is 5.66. The Labute approximate surface area is 114 Å². The Morgan fingerprint density at radius 2 is 1.73 bits per heavy atom. The summed E-state index contributed by atoms with van der Waals surface area (Å²) in [5.74, 6) is -0.335. The molecule has 4 nitrogen and oxygen atoms in total. The van der Waals surface area contributed by atoms with E-state index in [0.717, 1.165) is 0 Å². The van der Waals surface area contributed by atoms with Crippen molar-refractivity contribution in [2.75, 3.05) is 7.05 Å². The molecule has 79 valence electrons. The summed E-state index contributed by atoms with van der Waals surface area (Å²) in [6.45, 7) is 3.22. The van der Waals surface area contributed by atoms with Crippen molar-refractivity contribution >= 4 is 15.8 Å². The predicted octanol–water partition coefficient (Wildman–Crippen LogP) is 0.609. The summed E-state index contributed by atoms with van der Waals surface area (Å²) in [4.78, 5) is 10.9. The van der Waals surface area contributed by atoms with Gasteiger partial charge in [0, 0.05) is 38.5 Å². The van der Waals surface area contributed by atoms with Crippen LogP contribution in [0.4, 0.5) is 0 Å². The van der Waals surface area contributed by atoms with E-state index in [1.54, 1.807) is 0 Å². The Balaban J connectivity index is 0.00000196. The molecule has 1 N–H and O–H groups in total. The molecule has 0 spiro atoms. The Bertz CT molecular complexity index is 439. The molecule has 1 aromatic rings. The van der Waals surface area contributed by atoms with Gasteiger partial charge in [0.1, 0.15) is 0 Å². The summed E-state index contributed by atoms with van der Waals surface area (Å²) in [5.41, 5.74) is 0.389. The molecule has 0 saturated carbocycles. The van der Waals surface area contributed by atoms with Gasteiger partial charge in [0.05, 0.1) is 4.90 Å². The molecule has 0 saturated heterocycles. The van der Waals surface area contributed by atoms with Crippen LogP contribution in [0.15, 0.2) is 29.2 Å². The average molecular weight is 301 g/mol. The van der Waals surface area contributed by atoms with Gasteiger partial charge in [-0.2, -0.15) is 6.92 Å². The van der Waals surface area contributed by atoms with Crippen LogP contribution in [0.3, 0.4) is 0 Å². The second kappa shape index (κ2) is 5.75. The van der Waals surface area contributed by atoms with E-state index in [1.165, 1.54) is 31.3 Å². The molecule has 0 fully saturated rings. The van der Waals surface area contributed by atoms with Crippen molar-refractivity contribution in [3.8, 4) is 0 Å². The van der Waals surface area contributed by atoms with Gasteiger partial charge in [-0.1, -0.05) is 12.1 Å². The maximum Gasteiger partial charge on any atom is 0.240 e. The van der Waals surface area contributed by atoms with Crippen molar-refractivity contribution in [1.82, 2.24) is 4.72 Å². The van der Waals surface area contributed by atoms with Crippen molar-refractivity contribution in [2.24, 2.45) is 0 Å². The number of sulfonamides is 1. The smallest absolute Gasteiger partial charge is 0.240 e. The second-order valence-electron chi connectivity index (χ2n) is 2.66. The van der Waals surface area contributed by atoms with Crippen molar-refractivity contribution in [3.63, 3.8) is 0 Å². The van der Waals surface area contributed by atoms with Crippen LogP contribution in [-0.4, -0.2) is 21.2 Å². The van der Waals surface area contributed by atoms with Crippen LogP contribution in [0.1, 0.15) is 10.4 Å². The minimum atomic E-state index is -3.42. The third kappa shape index (κ3) is 3.68. The van der Waals surface area contributed by atoms with Crippen LogP contribution in [0.2, 0.25) is 0 Å². The fourth-order valence-electron chi connectivity index (χ4n) is 0.938. The summed E-state index contributed by atoms with van der Waals surface area (Å²) < 4.78 is 24.7. The van der Waals surface area contributed by atoms with Crippen LogP contribution in [0, 0.1) is 6.92 Å². The molecule has 0 aliphatic carbocycles. The van der Waals surface area contributed by atoms with Crippen LogP contribution >= 0.6 is 0 Å². The molecular weight excluding hydrogens is 291 g/mol. The number of carbonyl (C=O) groups excluding carboxylic acids is 1. The maximum absolute atomic E-state index is 11.3. The first-order chi connectivity index (χ1) is 6.47. The van der Waals surface area contributed by atoms with Crippen molar-refractivity contribution < 1.29 is 45.9 Å². The van der Waals surface area contributed by atoms with Gasteiger partial charge >= 0.3 is 0 Å². The van der Waals surface area contributed by atoms with Gasteiger partial charge in [0.2, 0.25) is 10.0 Å². The predicted molar refractivity (Wildman–Crippen MR) is 52.4 cm³/mol. The van der Waals surface area contributed by atoms with Crippen LogP contribution in [0.5, 0.6) is 0 Å². The molecule has 0 aliphatic rings. The first-order valence-corrected chi connectivity index (χ1v) is 5.35. The molecule has 0 atom stereocenters. The Morgan fingerprint density at radius 3 is 2.07 bits per heavy atom. The standard InChI is InChI=1S/C9H10NO3S.Y/c1-7(11)8-3-5-9(6-4-8)14(12,13)10-2;/h3-6,10H,1H2,2H3;/q-1;. The minimum Gasteiger partial charge on any atom is -0.332 e. The molecule has 0 heterocycles. The van der Waals surface area contributed by atoms with Crippen molar-refractivity contribution in [1.29, 1.82) is 0 Å². The molecule has 0 unspecified atom stereocenters.